The van der Waals surface area contributed by atoms with Gasteiger partial charge in [0.25, 0.3) is 23.6 Å². The quantitative estimate of drug-likeness (QED) is 0.568. The van der Waals surface area contributed by atoms with Gasteiger partial charge in [-0.25, -0.2) is 4.79 Å². The molecular formula is C10H8N2O6. The third-order valence-corrected chi connectivity index (χ3v) is 2.39. The maximum Gasteiger partial charge on any atom is 0.352 e. The van der Waals surface area contributed by atoms with E-state index in [0.29, 0.717) is 9.96 Å². The molecule has 0 bridgehead atoms. The van der Waals surface area contributed by atoms with E-state index in [1.807, 2.05) is 0 Å². The second-order valence-corrected chi connectivity index (χ2v) is 3.64. The van der Waals surface area contributed by atoms with Gasteiger partial charge in [0, 0.05) is 25.0 Å². The Labute approximate surface area is 101 Å². The highest BCUT2D eigenvalue weighted by Gasteiger charge is 2.34. The Hall–Kier alpha value is -2.51. The molecule has 0 aromatic carbocycles. The zero-order chi connectivity index (χ0) is 13.3. The van der Waals surface area contributed by atoms with Crippen molar-refractivity contribution in [2.24, 2.45) is 0 Å². The van der Waals surface area contributed by atoms with Gasteiger partial charge in [0.1, 0.15) is 6.54 Å². The molecule has 1 fully saturated rings. The number of carbonyl (C=O) groups is 5. The molecule has 0 saturated carbocycles. The predicted molar refractivity (Wildman–Crippen MR) is 53.0 cm³/mol. The summed E-state index contributed by atoms with van der Waals surface area (Å²) in [6.07, 6.45) is 1.99. The van der Waals surface area contributed by atoms with Crippen molar-refractivity contribution in [1.29, 1.82) is 0 Å². The van der Waals surface area contributed by atoms with Crippen molar-refractivity contribution in [3.63, 3.8) is 0 Å². The molecule has 1 saturated heterocycles. The van der Waals surface area contributed by atoms with Crippen LogP contribution in [0.5, 0.6) is 0 Å². The molecule has 0 radical (unpaired) electrons. The van der Waals surface area contributed by atoms with Crippen LogP contribution in [0.1, 0.15) is 12.8 Å². The van der Waals surface area contributed by atoms with Crippen LogP contribution >= 0.6 is 0 Å². The van der Waals surface area contributed by atoms with Gasteiger partial charge in [-0.3, -0.25) is 24.1 Å². The van der Waals surface area contributed by atoms with Crippen molar-refractivity contribution in [2.45, 2.75) is 12.8 Å². The smallest absolute Gasteiger partial charge is 0.328 e. The van der Waals surface area contributed by atoms with Crippen LogP contribution in [-0.2, 0) is 28.8 Å². The highest BCUT2D eigenvalue weighted by molar-refractivity contribution is 6.14. The van der Waals surface area contributed by atoms with Gasteiger partial charge in [-0.2, -0.15) is 0 Å². The highest BCUT2D eigenvalue weighted by atomic mass is 16.7. The molecule has 94 valence electrons. The molecule has 4 amide bonds. The molecule has 18 heavy (non-hydrogen) atoms. The van der Waals surface area contributed by atoms with Crippen molar-refractivity contribution in [2.75, 3.05) is 6.54 Å². The minimum atomic E-state index is -1.02. The summed E-state index contributed by atoms with van der Waals surface area (Å²) in [5.41, 5.74) is 0. The van der Waals surface area contributed by atoms with Crippen LogP contribution in [0.3, 0.4) is 0 Å². The highest BCUT2D eigenvalue weighted by Crippen LogP contribution is 2.12. The van der Waals surface area contributed by atoms with Crippen LogP contribution in [-0.4, -0.2) is 46.1 Å². The van der Waals surface area contributed by atoms with Crippen LogP contribution in [0.4, 0.5) is 0 Å². The Morgan fingerprint density at radius 3 is 2.06 bits per heavy atom. The van der Waals surface area contributed by atoms with Crippen LogP contribution in [0.25, 0.3) is 0 Å². The van der Waals surface area contributed by atoms with E-state index in [0.717, 1.165) is 12.2 Å². The first kappa shape index (κ1) is 12.0. The number of hydrogen-bond acceptors (Lipinski definition) is 6. The topological polar surface area (TPSA) is 101 Å². The van der Waals surface area contributed by atoms with Gasteiger partial charge in [-0.05, 0) is 0 Å². The van der Waals surface area contributed by atoms with Crippen LogP contribution < -0.4 is 0 Å². The molecule has 0 aliphatic carbocycles. The van der Waals surface area contributed by atoms with Crippen molar-refractivity contribution in [3.05, 3.63) is 12.2 Å². The Balaban J connectivity index is 1.93. The SMILES string of the molecule is O=C(CN1C(=O)C=CC1=O)ON1C(=O)CCC1=O. The summed E-state index contributed by atoms with van der Waals surface area (Å²) in [5, 5.41) is 0.362. The third-order valence-electron chi connectivity index (χ3n) is 2.39. The molecule has 2 rings (SSSR count). The first-order chi connectivity index (χ1) is 8.49. The van der Waals surface area contributed by atoms with Crippen molar-refractivity contribution >= 4 is 29.6 Å². The molecular weight excluding hydrogens is 244 g/mol. The Morgan fingerprint density at radius 1 is 1.06 bits per heavy atom. The summed E-state index contributed by atoms with van der Waals surface area (Å²) in [6.45, 7) is -0.637. The van der Waals surface area contributed by atoms with Gasteiger partial charge in [-0.15, -0.1) is 5.06 Å². The largest absolute Gasteiger partial charge is 0.352 e. The lowest BCUT2D eigenvalue weighted by Crippen LogP contribution is -2.40. The molecule has 0 atom stereocenters. The van der Waals surface area contributed by atoms with E-state index >= 15 is 0 Å². The summed E-state index contributed by atoms with van der Waals surface area (Å²) in [6, 6.07) is 0. The van der Waals surface area contributed by atoms with Gasteiger partial charge in [0.2, 0.25) is 0 Å². The molecule has 0 N–H and O–H groups in total. The van der Waals surface area contributed by atoms with Crippen LogP contribution in [0, 0.1) is 0 Å². The Morgan fingerprint density at radius 2 is 1.56 bits per heavy atom. The van der Waals surface area contributed by atoms with Gasteiger partial charge < -0.3 is 4.84 Å². The minimum absolute atomic E-state index is 0.0186. The average molecular weight is 252 g/mol. The van der Waals surface area contributed by atoms with Crippen LogP contribution in [0.2, 0.25) is 0 Å². The summed E-state index contributed by atoms with van der Waals surface area (Å²) in [5.74, 6) is -3.55. The van der Waals surface area contributed by atoms with E-state index in [4.69, 9.17) is 0 Å². The fourth-order valence-corrected chi connectivity index (χ4v) is 1.50. The fourth-order valence-electron chi connectivity index (χ4n) is 1.50. The lowest BCUT2D eigenvalue weighted by atomic mass is 10.4. The number of rotatable bonds is 3. The molecule has 0 aromatic heterocycles. The van der Waals surface area contributed by atoms with Gasteiger partial charge in [-0.1, -0.05) is 0 Å². The number of amides is 4. The molecule has 8 heteroatoms. The monoisotopic (exact) mass is 252 g/mol. The predicted octanol–water partition coefficient (Wildman–Crippen LogP) is -1.48. The van der Waals surface area contributed by atoms with Gasteiger partial charge >= 0.3 is 5.97 Å². The molecule has 0 spiro atoms. The van der Waals surface area contributed by atoms with Crippen molar-refractivity contribution in [3.8, 4) is 0 Å². The van der Waals surface area contributed by atoms with E-state index in [2.05, 4.69) is 4.84 Å². The zero-order valence-electron chi connectivity index (χ0n) is 9.12. The Bertz CT molecular complexity index is 455. The summed E-state index contributed by atoms with van der Waals surface area (Å²) in [4.78, 5) is 61.2. The van der Waals surface area contributed by atoms with Gasteiger partial charge in [0.15, 0.2) is 0 Å². The Kier molecular flexibility index (Phi) is 2.92. The molecule has 0 unspecified atom stereocenters. The zero-order valence-corrected chi connectivity index (χ0v) is 9.12. The number of hydrogen-bond donors (Lipinski definition) is 0. The molecule has 8 nitrogen and oxygen atoms in total. The summed E-state index contributed by atoms with van der Waals surface area (Å²) < 4.78 is 0. The normalized spacial score (nSPS) is 19.1. The molecule has 2 aliphatic rings. The van der Waals surface area contributed by atoms with E-state index in [-0.39, 0.29) is 12.8 Å². The fraction of sp³-hybridized carbons (Fsp3) is 0.300. The number of carbonyl (C=O) groups excluding carboxylic acids is 5. The van der Waals surface area contributed by atoms with Crippen molar-refractivity contribution < 1.29 is 28.8 Å². The maximum absolute atomic E-state index is 11.4. The molecule has 2 aliphatic heterocycles. The van der Waals surface area contributed by atoms with Gasteiger partial charge in [0.05, 0.1) is 0 Å². The number of imide groups is 2. The second kappa shape index (κ2) is 4.40. The first-order valence-corrected chi connectivity index (χ1v) is 5.09. The molecule has 0 aromatic rings. The summed E-state index contributed by atoms with van der Waals surface area (Å²) >= 11 is 0. The van der Waals surface area contributed by atoms with Crippen molar-refractivity contribution in [1.82, 2.24) is 9.96 Å². The number of hydroxylamine groups is 2. The average Bonchev–Trinajstić information content (AvgIpc) is 2.79. The lowest BCUT2D eigenvalue weighted by Gasteiger charge is -2.16. The van der Waals surface area contributed by atoms with E-state index < -0.39 is 36.1 Å². The third kappa shape index (κ3) is 2.12. The van der Waals surface area contributed by atoms with Crippen LogP contribution in [0.15, 0.2) is 12.2 Å². The van der Waals surface area contributed by atoms with E-state index in [1.165, 1.54) is 0 Å². The van der Waals surface area contributed by atoms with E-state index in [1.54, 1.807) is 0 Å². The standard InChI is InChI=1S/C10H8N2O6/c13-6-1-2-7(14)11(6)5-10(17)18-12-8(15)3-4-9(12)16/h1-2H,3-5H2. The molecule has 2 heterocycles. The lowest BCUT2D eigenvalue weighted by molar-refractivity contribution is -0.198. The minimum Gasteiger partial charge on any atom is -0.328 e. The maximum atomic E-state index is 11.4. The first-order valence-electron chi connectivity index (χ1n) is 5.09. The van der Waals surface area contributed by atoms with E-state index in [9.17, 15) is 24.0 Å². The second-order valence-electron chi connectivity index (χ2n) is 3.64. The number of nitrogens with zero attached hydrogens (tertiary/aromatic N) is 2. The summed E-state index contributed by atoms with van der Waals surface area (Å²) in [7, 11) is 0.